The average molecular weight is 843 g/mol. The lowest BCUT2D eigenvalue weighted by Crippen LogP contribution is -2.63. The van der Waals surface area contributed by atoms with E-state index >= 15 is 0 Å². The predicted octanol–water partition coefficient (Wildman–Crippen LogP) is 6.53. The Labute approximate surface area is 361 Å². The maximum absolute atomic E-state index is 14.6. The van der Waals surface area contributed by atoms with Gasteiger partial charge in [0.25, 0.3) is 0 Å². The van der Waals surface area contributed by atoms with Crippen LogP contribution in [-0.4, -0.2) is 102 Å². The number of allylic oxidation sites excluding steroid dienone is 3. The van der Waals surface area contributed by atoms with Crippen molar-refractivity contribution >= 4 is 12.8 Å². The summed E-state index contributed by atoms with van der Waals surface area (Å²) >= 11 is 0. The van der Waals surface area contributed by atoms with Gasteiger partial charge < -0.3 is 44.9 Å². The van der Waals surface area contributed by atoms with Crippen LogP contribution in [0.4, 0.5) is 0 Å². The highest BCUT2D eigenvalue weighted by molar-refractivity contribution is 5.77. The molecule has 6 N–H and O–H groups in total. The Balaban J connectivity index is 0.00000297. The number of hydrogen-bond donors (Lipinski definition) is 6. The lowest BCUT2D eigenvalue weighted by atomic mass is 9.35. The summed E-state index contributed by atoms with van der Waals surface area (Å²) in [5.74, 6) is 4.28. The molecule has 0 amide bonds. The van der Waals surface area contributed by atoms with E-state index in [0.717, 1.165) is 57.8 Å². The van der Waals surface area contributed by atoms with Gasteiger partial charge >= 0.3 is 5.97 Å². The Kier molecular flexibility index (Phi) is 14.1. The summed E-state index contributed by atoms with van der Waals surface area (Å²) < 4.78 is 13.1. The molecule has 7 aliphatic rings. The molecule has 342 valence electrons. The van der Waals surface area contributed by atoms with Gasteiger partial charge in [-0.25, -0.2) is 0 Å². The third-order valence-corrected chi connectivity index (χ3v) is 19.1. The molecule has 7 aliphatic carbocycles. The van der Waals surface area contributed by atoms with Crippen molar-refractivity contribution in [3.63, 3.8) is 0 Å². The van der Waals surface area contributed by atoms with E-state index in [1.54, 1.807) is 16.7 Å². The molecular weight excluding hydrogens is 761 g/mol. The van der Waals surface area contributed by atoms with Gasteiger partial charge in [0, 0.05) is 5.92 Å². The fourth-order valence-electron chi connectivity index (χ4n) is 15.5. The Morgan fingerprint density at radius 3 is 1.93 bits per heavy atom. The zero-order valence-corrected chi connectivity index (χ0v) is 38.4. The van der Waals surface area contributed by atoms with Gasteiger partial charge in [0.05, 0.1) is 68.1 Å². The highest BCUT2D eigenvalue weighted by Crippen LogP contribution is 2.74. The van der Waals surface area contributed by atoms with Gasteiger partial charge in [-0.05, 0) is 159 Å². The fraction of sp³-hybridized carbons (Fsp3) is 0.880. The van der Waals surface area contributed by atoms with Crippen LogP contribution < -0.4 is 0 Å². The zero-order chi connectivity index (χ0) is 44.2. The van der Waals surface area contributed by atoms with Crippen molar-refractivity contribution in [3.05, 3.63) is 22.8 Å². The van der Waals surface area contributed by atoms with Crippen molar-refractivity contribution < 1.29 is 49.7 Å². The van der Waals surface area contributed by atoms with Crippen molar-refractivity contribution in [2.75, 3.05) is 52.9 Å². The molecule has 0 aromatic carbocycles. The highest BCUT2D eigenvalue weighted by Gasteiger charge is 2.68. The van der Waals surface area contributed by atoms with E-state index in [9.17, 15) is 35.4 Å². The fourth-order valence-corrected chi connectivity index (χ4v) is 15.5. The van der Waals surface area contributed by atoms with Crippen molar-refractivity contribution in [1.82, 2.24) is 0 Å². The molecule has 0 aromatic heterocycles. The molecule has 13 unspecified atom stereocenters. The molecule has 4 saturated carbocycles. The van der Waals surface area contributed by atoms with Gasteiger partial charge in [0.15, 0.2) is 0 Å². The van der Waals surface area contributed by atoms with Gasteiger partial charge in [-0.1, -0.05) is 59.6 Å². The van der Waals surface area contributed by atoms with E-state index < -0.39 is 41.7 Å². The van der Waals surface area contributed by atoms with E-state index in [1.807, 2.05) is 6.79 Å². The summed E-state index contributed by atoms with van der Waals surface area (Å²) in [4.78, 5) is 22.6. The van der Waals surface area contributed by atoms with Crippen LogP contribution in [0, 0.1) is 92.2 Å². The minimum absolute atomic E-state index is 0.00604. The number of hydrogen-bond acceptors (Lipinski definition) is 10. The molecule has 10 nitrogen and oxygen atoms in total. The lowest BCUT2D eigenvalue weighted by Gasteiger charge is -2.69. The summed E-state index contributed by atoms with van der Waals surface area (Å²) in [5.41, 5.74) is 1.35. The minimum atomic E-state index is -1.26. The van der Waals surface area contributed by atoms with E-state index in [4.69, 9.17) is 14.3 Å². The second-order valence-electron chi connectivity index (χ2n) is 22.8. The molecule has 0 saturated heterocycles. The number of rotatable bonds is 14. The maximum atomic E-state index is 14.6. The number of ether oxygens (including phenoxy) is 2. The summed E-state index contributed by atoms with van der Waals surface area (Å²) in [7, 11) is 0. The van der Waals surface area contributed by atoms with Crippen molar-refractivity contribution in [2.45, 2.75) is 132 Å². The van der Waals surface area contributed by atoms with Crippen LogP contribution >= 0.6 is 0 Å². The van der Waals surface area contributed by atoms with Gasteiger partial charge in [0.1, 0.15) is 13.4 Å². The number of aliphatic hydroxyl groups is 6. The van der Waals surface area contributed by atoms with Crippen molar-refractivity contribution in [2.24, 2.45) is 92.2 Å². The van der Waals surface area contributed by atoms with E-state index in [0.29, 0.717) is 53.3 Å². The summed E-state index contributed by atoms with van der Waals surface area (Å²) in [5, 5.41) is 61.1. The van der Waals surface area contributed by atoms with Crippen LogP contribution in [0.3, 0.4) is 0 Å². The Hall–Kier alpha value is -1.66. The summed E-state index contributed by atoms with van der Waals surface area (Å²) in [6.45, 7) is 18.7. The molecule has 0 aliphatic heterocycles. The first-order valence-corrected chi connectivity index (χ1v) is 23.6. The first kappa shape index (κ1) is 47.8. The molecular formula is C50H82O10. The molecule has 7 rings (SSSR count). The first-order valence-electron chi connectivity index (χ1n) is 23.6. The van der Waals surface area contributed by atoms with Crippen LogP contribution in [0.2, 0.25) is 0 Å². The van der Waals surface area contributed by atoms with E-state index in [-0.39, 0.29) is 61.7 Å². The minimum Gasteiger partial charge on any atom is -0.464 e. The topological polar surface area (TPSA) is 174 Å². The standard InChI is InChI=1S/C49H80O9.CH2O/c1-29(2)31-12-14-36-42-34(20-38-45(36,6)16-10-18-47(38,8)58-28-49(24-53,25-54)26-55)40-32(30(3)4)11-13-35-41(40)33(39(31)42)19-37-44(35,5)15-9-17-46(37,7)43(56)57-27-48(21-50,22-51)23-52;1-2/h20,29-33,35-39,42,50-55H,9-19,21-28H2,1-8H3;1H2. The average Bonchev–Trinajstić information content (AvgIpc) is 3.24. The number of carbonyl (C=O) groups excluding carboxylic acids is 2. The van der Waals surface area contributed by atoms with Crippen LogP contribution in [-0.2, 0) is 19.1 Å². The smallest absolute Gasteiger partial charge is 0.312 e. The second kappa shape index (κ2) is 17.7. The molecule has 10 heteroatoms. The molecule has 0 bridgehead atoms. The van der Waals surface area contributed by atoms with Crippen molar-refractivity contribution in [1.29, 1.82) is 0 Å². The van der Waals surface area contributed by atoms with Gasteiger partial charge in [-0.2, -0.15) is 0 Å². The number of fused-ring (bicyclic) bond motifs is 6. The quantitative estimate of drug-likeness (QED) is 0.106. The van der Waals surface area contributed by atoms with Gasteiger partial charge in [0.2, 0.25) is 0 Å². The number of carbonyl (C=O) groups is 2. The number of esters is 1. The van der Waals surface area contributed by atoms with E-state index in [2.05, 4.69) is 61.5 Å². The summed E-state index contributed by atoms with van der Waals surface area (Å²) in [6, 6.07) is 0. The Bertz CT molecular complexity index is 1580. The van der Waals surface area contributed by atoms with Crippen LogP contribution in [0.15, 0.2) is 22.8 Å². The third-order valence-electron chi connectivity index (χ3n) is 19.1. The number of aliphatic hydroxyl groups excluding tert-OH is 6. The summed E-state index contributed by atoms with van der Waals surface area (Å²) in [6.07, 6.45) is 14.2. The second-order valence-corrected chi connectivity index (χ2v) is 22.8. The maximum Gasteiger partial charge on any atom is 0.312 e. The van der Waals surface area contributed by atoms with Crippen LogP contribution in [0.5, 0.6) is 0 Å². The monoisotopic (exact) mass is 843 g/mol. The van der Waals surface area contributed by atoms with Gasteiger partial charge in [-0.3, -0.25) is 4.79 Å². The molecule has 60 heavy (non-hydrogen) atoms. The normalized spacial score (nSPS) is 41.0. The van der Waals surface area contributed by atoms with Gasteiger partial charge in [-0.15, -0.1) is 0 Å². The van der Waals surface area contributed by atoms with E-state index in [1.165, 1.54) is 12.8 Å². The lowest BCUT2D eigenvalue weighted by molar-refractivity contribution is -0.191. The van der Waals surface area contributed by atoms with Crippen LogP contribution in [0.25, 0.3) is 0 Å². The van der Waals surface area contributed by atoms with Crippen molar-refractivity contribution in [3.8, 4) is 0 Å². The Morgan fingerprint density at radius 2 is 1.35 bits per heavy atom. The molecule has 4 fully saturated rings. The predicted molar refractivity (Wildman–Crippen MR) is 231 cm³/mol. The zero-order valence-electron chi connectivity index (χ0n) is 38.4. The highest BCUT2D eigenvalue weighted by atomic mass is 16.5. The molecule has 13 atom stereocenters. The third kappa shape index (κ3) is 7.34. The Morgan fingerprint density at radius 1 is 0.767 bits per heavy atom. The SMILES string of the molecule is C=O.CC(C)C1CCC2C3=C1C1=CC4C(C)(OCC(CO)(CO)CO)CCCC4(C)C4CCC(C(C)C)C(C3CC3C(C)(C(=O)OCC(CO)(CO)CO)CCCC23C)C14. The molecule has 0 spiro atoms. The molecule has 0 heterocycles. The largest absolute Gasteiger partial charge is 0.464 e. The molecule has 0 radical (unpaired) electrons. The van der Waals surface area contributed by atoms with Crippen LogP contribution in [0.1, 0.15) is 126 Å². The molecule has 0 aromatic rings. The first-order chi connectivity index (χ1) is 28.4.